The van der Waals surface area contributed by atoms with Crippen molar-refractivity contribution in [1.29, 1.82) is 0 Å². The molecule has 19 heavy (non-hydrogen) atoms. The van der Waals surface area contributed by atoms with Crippen LogP contribution in [0.1, 0.15) is 17.3 Å². The topological polar surface area (TPSA) is 57.4 Å². The molecule has 0 aliphatic heterocycles. The number of hydrogen-bond donors (Lipinski definition) is 1. The van der Waals surface area contributed by atoms with Gasteiger partial charge >= 0.3 is 0 Å². The Morgan fingerprint density at radius 1 is 1.16 bits per heavy atom. The van der Waals surface area contributed by atoms with Gasteiger partial charge in [-0.2, -0.15) is 0 Å². The predicted molar refractivity (Wildman–Crippen MR) is 74.8 cm³/mol. The molecule has 0 aliphatic carbocycles. The molecule has 0 amide bonds. The van der Waals surface area contributed by atoms with Crippen molar-refractivity contribution in [3.05, 3.63) is 52.8 Å². The molecule has 5 heteroatoms. The summed E-state index contributed by atoms with van der Waals surface area (Å²) in [5.41, 5.74) is 7.78. The first kappa shape index (κ1) is 13.6. The number of nitrogens with zero attached hydrogens (tertiary/aromatic N) is 1. The molecule has 0 saturated heterocycles. The number of rotatable bonds is 4. The van der Waals surface area contributed by atoms with Crippen molar-refractivity contribution in [2.24, 2.45) is 5.73 Å². The largest absolute Gasteiger partial charge is 0.497 e. The molecule has 0 spiro atoms. The quantitative estimate of drug-likeness (QED) is 0.934. The van der Waals surface area contributed by atoms with Gasteiger partial charge in [0.25, 0.3) is 0 Å². The number of halogens is 1. The van der Waals surface area contributed by atoms with Gasteiger partial charge in [-0.15, -0.1) is 0 Å². The van der Waals surface area contributed by atoms with Crippen LogP contribution in [-0.2, 0) is 0 Å². The first-order valence-electron chi connectivity index (χ1n) is 5.74. The van der Waals surface area contributed by atoms with E-state index in [0.29, 0.717) is 10.8 Å². The van der Waals surface area contributed by atoms with Crippen molar-refractivity contribution in [2.45, 2.75) is 6.04 Å². The fraction of sp³-hybridized carbons (Fsp3) is 0.214. The maximum absolute atomic E-state index is 6.21. The molecule has 1 aromatic heterocycles. The monoisotopic (exact) mass is 278 g/mol. The van der Waals surface area contributed by atoms with Crippen LogP contribution < -0.4 is 15.2 Å². The first-order valence-corrected chi connectivity index (χ1v) is 6.12. The van der Waals surface area contributed by atoms with E-state index in [0.717, 1.165) is 17.0 Å². The van der Waals surface area contributed by atoms with E-state index in [1.807, 2.05) is 12.1 Å². The summed E-state index contributed by atoms with van der Waals surface area (Å²) < 4.78 is 10.5. The zero-order chi connectivity index (χ0) is 13.8. The molecule has 0 bridgehead atoms. The van der Waals surface area contributed by atoms with Crippen LogP contribution in [-0.4, -0.2) is 19.2 Å². The van der Waals surface area contributed by atoms with Crippen LogP contribution in [0.25, 0.3) is 0 Å². The molecule has 0 radical (unpaired) electrons. The summed E-state index contributed by atoms with van der Waals surface area (Å²) in [6.07, 6.45) is 1.58. The molecule has 1 atom stereocenters. The van der Waals surface area contributed by atoms with Crippen LogP contribution >= 0.6 is 11.6 Å². The second-order valence-corrected chi connectivity index (χ2v) is 4.42. The molecular formula is C14H15ClN2O2. The van der Waals surface area contributed by atoms with Crippen molar-refractivity contribution in [3.8, 4) is 11.5 Å². The van der Waals surface area contributed by atoms with Crippen LogP contribution in [0.5, 0.6) is 11.5 Å². The average Bonchev–Trinajstić information content (AvgIpc) is 2.46. The molecule has 2 rings (SSSR count). The lowest BCUT2D eigenvalue weighted by Crippen LogP contribution is -2.14. The van der Waals surface area contributed by atoms with Crippen LogP contribution in [0.4, 0.5) is 0 Å². The van der Waals surface area contributed by atoms with Gasteiger partial charge in [-0.3, -0.25) is 4.98 Å². The third-order valence-corrected chi connectivity index (χ3v) is 3.07. The van der Waals surface area contributed by atoms with Crippen molar-refractivity contribution in [3.63, 3.8) is 0 Å². The standard InChI is InChI=1S/C14H15ClN2O2/c1-18-10-4-5-11(13(7-10)19-2)14(16)12-6-3-9(15)8-17-12/h3-8,14H,16H2,1-2H3. The highest BCUT2D eigenvalue weighted by Crippen LogP contribution is 2.31. The van der Waals surface area contributed by atoms with Crippen molar-refractivity contribution in [1.82, 2.24) is 4.98 Å². The molecule has 0 saturated carbocycles. The highest BCUT2D eigenvalue weighted by Gasteiger charge is 2.16. The summed E-state index contributed by atoms with van der Waals surface area (Å²) in [7, 11) is 3.20. The summed E-state index contributed by atoms with van der Waals surface area (Å²) in [5, 5.41) is 0.581. The third kappa shape index (κ3) is 2.97. The van der Waals surface area contributed by atoms with Gasteiger partial charge in [0, 0.05) is 17.8 Å². The second-order valence-electron chi connectivity index (χ2n) is 3.99. The second kappa shape index (κ2) is 5.91. The molecular weight excluding hydrogens is 264 g/mol. The lowest BCUT2D eigenvalue weighted by Gasteiger charge is -2.16. The van der Waals surface area contributed by atoms with Crippen LogP contribution in [0.3, 0.4) is 0 Å². The fourth-order valence-corrected chi connectivity index (χ4v) is 1.92. The Morgan fingerprint density at radius 3 is 2.53 bits per heavy atom. The normalized spacial score (nSPS) is 12.0. The predicted octanol–water partition coefficient (Wildman–Crippen LogP) is 2.80. The van der Waals surface area contributed by atoms with Crippen molar-refractivity contribution < 1.29 is 9.47 Å². The van der Waals surface area contributed by atoms with Gasteiger partial charge < -0.3 is 15.2 Å². The van der Waals surface area contributed by atoms with Gasteiger partial charge in [0.05, 0.1) is 31.0 Å². The molecule has 2 aromatic rings. The first-order chi connectivity index (χ1) is 9.15. The molecule has 0 fully saturated rings. The molecule has 1 unspecified atom stereocenters. The van der Waals surface area contributed by atoms with Crippen molar-refractivity contribution in [2.75, 3.05) is 14.2 Å². The number of hydrogen-bond acceptors (Lipinski definition) is 4. The van der Waals surface area contributed by atoms with Crippen LogP contribution in [0.2, 0.25) is 5.02 Å². The average molecular weight is 279 g/mol. The minimum atomic E-state index is -0.377. The van der Waals surface area contributed by atoms with E-state index < -0.39 is 0 Å². The number of ether oxygens (including phenoxy) is 2. The lowest BCUT2D eigenvalue weighted by molar-refractivity contribution is 0.389. The number of methoxy groups -OCH3 is 2. The molecule has 100 valence electrons. The number of aromatic nitrogens is 1. The van der Waals surface area contributed by atoms with Gasteiger partial charge in [-0.05, 0) is 24.3 Å². The Hall–Kier alpha value is -1.78. The van der Waals surface area contributed by atoms with Gasteiger partial charge in [0.15, 0.2) is 0 Å². The number of benzene rings is 1. The highest BCUT2D eigenvalue weighted by molar-refractivity contribution is 6.30. The van der Waals surface area contributed by atoms with E-state index in [1.165, 1.54) is 0 Å². The molecule has 0 aliphatic rings. The zero-order valence-corrected chi connectivity index (χ0v) is 11.5. The summed E-state index contributed by atoms with van der Waals surface area (Å²) in [5.74, 6) is 1.39. The fourth-order valence-electron chi connectivity index (χ4n) is 1.81. The third-order valence-electron chi connectivity index (χ3n) is 2.84. The zero-order valence-electron chi connectivity index (χ0n) is 10.8. The maximum atomic E-state index is 6.21. The highest BCUT2D eigenvalue weighted by atomic mass is 35.5. The van der Waals surface area contributed by atoms with E-state index in [9.17, 15) is 0 Å². The maximum Gasteiger partial charge on any atom is 0.127 e. The van der Waals surface area contributed by atoms with Crippen molar-refractivity contribution >= 4 is 11.6 Å². The Kier molecular flexibility index (Phi) is 4.24. The van der Waals surface area contributed by atoms with E-state index in [2.05, 4.69) is 4.98 Å². The van der Waals surface area contributed by atoms with E-state index in [4.69, 9.17) is 26.8 Å². The molecule has 1 heterocycles. The number of pyridine rings is 1. The van der Waals surface area contributed by atoms with Gasteiger partial charge in [0.1, 0.15) is 11.5 Å². The summed E-state index contributed by atoms with van der Waals surface area (Å²) in [6, 6.07) is 8.70. The van der Waals surface area contributed by atoms with Gasteiger partial charge in [-0.1, -0.05) is 11.6 Å². The minimum Gasteiger partial charge on any atom is -0.497 e. The minimum absolute atomic E-state index is 0.377. The van der Waals surface area contributed by atoms with E-state index in [1.54, 1.807) is 38.6 Å². The summed E-state index contributed by atoms with van der Waals surface area (Å²) in [6.45, 7) is 0. The SMILES string of the molecule is COc1ccc(C(N)c2ccc(Cl)cn2)c(OC)c1. The van der Waals surface area contributed by atoms with Gasteiger partial charge in [-0.25, -0.2) is 0 Å². The lowest BCUT2D eigenvalue weighted by atomic mass is 10.0. The van der Waals surface area contributed by atoms with Crippen LogP contribution in [0, 0.1) is 0 Å². The Morgan fingerprint density at radius 2 is 1.95 bits per heavy atom. The van der Waals surface area contributed by atoms with Gasteiger partial charge in [0.2, 0.25) is 0 Å². The smallest absolute Gasteiger partial charge is 0.127 e. The molecule has 2 N–H and O–H groups in total. The molecule has 1 aromatic carbocycles. The Labute approximate surface area is 117 Å². The van der Waals surface area contributed by atoms with E-state index >= 15 is 0 Å². The Bertz CT molecular complexity index is 558. The van der Waals surface area contributed by atoms with Crippen LogP contribution in [0.15, 0.2) is 36.5 Å². The Balaban J connectivity index is 2.37. The van der Waals surface area contributed by atoms with E-state index in [-0.39, 0.29) is 6.04 Å². The molecule has 4 nitrogen and oxygen atoms in total. The summed E-state index contributed by atoms with van der Waals surface area (Å²) in [4.78, 5) is 4.23. The number of nitrogens with two attached hydrogens (primary N) is 1. The summed E-state index contributed by atoms with van der Waals surface area (Å²) >= 11 is 5.82.